The van der Waals surface area contributed by atoms with Gasteiger partial charge in [-0.15, -0.1) is 13.2 Å². The first-order valence-electron chi connectivity index (χ1n) is 5.72. The lowest BCUT2D eigenvalue weighted by atomic mass is 10.0. The number of carbonyl (C=O) groups excluding carboxylic acids is 1. The van der Waals surface area contributed by atoms with E-state index >= 15 is 0 Å². The van der Waals surface area contributed by atoms with E-state index in [9.17, 15) is 22.4 Å². The minimum atomic E-state index is -4.99. The van der Waals surface area contributed by atoms with Gasteiger partial charge in [-0.25, -0.2) is 4.39 Å². The van der Waals surface area contributed by atoms with Gasteiger partial charge in [0.1, 0.15) is 11.6 Å². The van der Waals surface area contributed by atoms with Crippen LogP contribution in [0.1, 0.15) is 10.4 Å². The normalized spacial score (nSPS) is 11.2. The molecular weight excluding hydrogens is 290 g/mol. The summed E-state index contributed by atoms with van der Waals surface area (Å²) < 4.78 is 54.3. The maximum atomic E-state index is 12.9. The highest BCUT2D eigenvalue weighted by Crippen LogP contribution is 2.36. The fourth-order valence-electron chi connectivity index (χ4n) is 1.81. The lowest BCUT2D eigenvalue weighted by Gasteiger charge is -2.16. The topological polar surface area (TPSA) is 52.3 Å². The number of ether oxygens (including phenoxy) is 1. The molecule has 0 spiro atoms. The molecule has 2 aromatic carbocycles. The van der Waals surface area contributed by atoms with Gasteiger partial charge in [-0.3, -0.25) is 4.79 Å². The molecular formula is C14H9F4NO2. The van der Waals surface area contributed by atoms with Gasteiger partial charge in [0.15, 0.2) is 0 Å². The predicted octanol–water partition coefficient (Wildman–Crippen LogP) is 3.49. The molecule has 0 fully saturated rings. The van der Waals surface area contributed by atoms with Gasteiger partial charge in [0.05, 0.1) is 5.56 Å². The van der Waals surface area contributed by atoms with Crippen LogP contribution in [0.25, 0.3) is 11.1 Å². The van der Waals surface area contributed by atoms with E-state index in [-0.39, 0.29) is 11.1 Å². The number of amides is 1. The lowest BCUT2D eigenvalue weighted by Crippen LogP contribution is -2.21. The Morgan fingerprint density at radius 1 is 1.05 bits per heavy atom. The monoisotopic (exact) mass is 299 g/mol. The number of rotatable bonds is 3. The molecule has 0 radical (unpaired) electrons. The number of benzene rings is 2. The molecule has 0 saturated carbocycles. The summed E-state index contributed by atoms with van der Waals surface area (Å²) in [5, 5.41) is 0. The summed E-state index contributed by atoms with van der Waals surface area (Å²) in [6.07, 6.45) is -4.99. The van der Waals surface area contributed by atoms with E-state index in [1.165, 1.54) is 24.3 Å². The van der Waals surface area contributed by atoms with E-state index in [2.05, 4.69) is 4.74 Å². The number of nitrogens with two attached hydrogens (primary N) is 1. The van der Waals surface area contributed by atoms with Crippen LogP contribution in [-0.4, -0.2) is 12.3 Å². The number of halogens is 4. The molecule has 0 heterocycles. The van der Waals surface area contributed by atoms with Crippen molar-refractivity contribution in [3.63, 3.8) is 0 Å². The zero-order chi connectivity index (χ0) is 15.6. The van der Waals surface area contributed by atoms with Gasteiger partial charge in [0.25, 0.3) is 5.91 Å². The predicted molar refractivity (Wildman–Crippen MR) is 67.0 cm³/mol. The zero-order valence-corrected chi connectivity index (χ0v) is 10.4. The first-order valence-corrected chi connectivity index (χ1v) is 5.72. The van der Waals surface area contributed by atoms with Gasteiger partial charge in [-0.2, -0.15) is 0 Å². The third-order valence-electron chi connectivity index (χ3n) is 2.65. The van der Waals surface area contributed by atoms with Crippen molar-refractivity contribution in [1.82, 2.24) is 0 Å². The van der Waals surface area contributed by atoms with Crippen LogP contribution >= 0.6 is 0 Å². The molecule has 3 nitrogen and oxygen atoms in total. The Bertz CT molecular complexity index is 666. The molecule has 0 aliphatic carbocycles. The van der Waals surface area contributed by atoms with Gasteiger partial charge in [-0.1, -0.05) is 24.3 Å². The van der Waals surface area contributed by atoms with E-state index in [0.717, 1.165) is 18.2 Å². The molecule has 1 amide bonds. The van der Waals surface area contributed by atoms with Crippen molar-refractivity contribution < 1.29 is 27.1 Å². The van der Waals surface area contributed by atoms with E-state index in [1.807, 2.05) is 0 Å². The van der Waals surface area contributed by atoms with Crippen molar-refractivity contribution in [1.29, 1.82) is 0 Å². The molecule has 2 aromatic rings. The third kappa shape index (κ3) is 3.50. The molecule has 7 heteroatoms. The lowest BCUT2D eigenvalue weighted by molar-refractivity contribution is -0.274. The smallest absolute Gasteiger partial charge is 0.404 e. The summed E-state index contributed by atoms with van der Waals surface area (Å²) in [6.45, 7) is 0. The standard InChI is InChI=1S/C14H9F4NO2/c15-9-6-4-8(5-7-9)10-2-1-3-11(13(19)20)12(10)21-14(16,17)18/h1-7H,(H2,19,20). The van der Waals surface area contributed by atoms with Crippen molar-refractivity contribution in [3.8, 4) is 16.9 Å². The largest absolute Gasteiger partial charge is 0.573 e. The van der Waals surface area contributed by atoms with Gasteiger partial charge in [-0.05, 0) is 23.8 Å². The van der Waals surface area contributed by atoms with E-state index in [1.54, 1.807) is 0 Å². The van der Waals surface area contributed by atoms with Crippen molar-refractivity contribution in [3.05, 3.63) is 53.8 Å². The third-order valence-corrected chi connectivity index (χ3v) is 2.65. The summed E-state index contributed by atoms with van der Waals surface area (Å²) in [6, 6.07) is 8.53. The Labute approximate surface area is 116 Å². The van der Waals surface area contributed by atoms with Gasteiger partial charge >= 0.3 is 6.36 Å². The highest BCUT2D eigenvalue weighted by Gasteiger charge is 2.34. The minimum Gasteiger partial charge on any atom is -0.404 e. The maximum Gasteiger partial charge on any atom is 0.573 e. The summed E-state index contributed by atoms with van der Waals surface area (Å²) in [5.41, 5.74) is 4.90. The van der Waals surface area contributed by atoms with Crippen LogP contribution in [0.2, 0.25) is 0 Å². The quantitative estimate of drug-likeness (QED) is 0.882. The molecule has 21 heavy (non-hydrogen) atoms. The van der Waals surface area contributed by atoms with Crippen LogP contribution in [-0.2, 0) is 0 Å². The van der Waals surface area contributed by atoms with Crippen molar-refractivity contribution in [2.45, 2.75) is 6.36 Å². The first kappa shape index (κ1) is 14.8. The zero-order valence-electron chi connectivity index (χ0n) is 10.4. The number of hydrogen-bond donors (Lipinski definition) is 1. The Balaban J connectivity index is 2.62. The molecule has 0 aliphatic rings. The number of hydrogen-bond acceptors (Lipinski definition) is 2. The average Bonchev–Trinajstić information content (AvgIpc) is 2.38. The molecule has 0 atom stereocenters. The SMILES string of the molecule is NC(=O)c1cccc(-c2ccc(F)cc2)c1OC(F)(F)F. The first-order chi connectivity index (χ1) is 9.78. The molecule has 2 N–H and O–H groups in total. The van der Waals surface area contributed by atoms with Crippen LogP contribution in [0.3, 0.4) is 0 Å². The fourth-order valence-corrected chi connectivity index (χ4v) is 1.81. The Kier molecular flexibility index (Phi) is 3.84. The second-order valence-corrected chi connectivity index (χ2v) is 4.10. The number of alkyl halides is 3. The highest BCUT2D eigenvalue weighted by molar-refractivity contribution is 5.98. The molecule has 0 bridgehead atoms. The highest BCUT2D eigenvalue weighted by atomic mass is 19.4. The van der Waals surface area contributed by atoms with Gasteiger partial charge in [0, 0.05) is 5.56 Å². The van der Waals surface area contributed by atoms with E-state index in [4.69, 9.17) is 5.73 Å². The Morgan fingerprint density at radius 2 is 1.67 bits per heavy atom. The molecule has 0 unspecified atom stereocenters. The van der Waals surface area contributed by atoms with Crippen LogP contribution in [0.4, 0.5) is 17.6 Å². The summed E-state index contributed by atoms with van der Waals surface area (Å²) in [7, 11) is 0. The molecule has 2 rings (SSSR count). The van der Waals surface area contributed by atoms with E-state index < -0.39 is 29.4 Å². The number of primary amides is 1. The average molecular weight is 299 g/mol. The maximum absolute atomic E-state index is 12.9. The Morgan fingerprint density at radius 3 is 2.19 bits per heavy atom. The Hall–Kier alpha value is -2.57. The van der Waals surface area contributed by atoms with Gasteiger partial charge in [0.2, 0.25) is 0 Å². The fraction of sp³-hybridized carbons (Fsp3) is 0.0714. The molecule has 0 aliphatic heterocycles. The molecule has 0 aromatic heterocycles. The summed E-state index contributed by atoms with van der Waals surface area (Å²) in [5.74, 6) is -2.30. The van der Waals surface area contributed by atoms with Gasteiger partial charge < -0.3 is 10.5 Å². The second kappa shape index (κ2) is 5.43. The molecule has 0 saturated heterocycles. The van der Waals surface area contributed by atoms with Crippen molar-refractivity contribution >= 4 is 5.91 Å². The van der Waals surface area contributed by atoms with Crippen LogP contribution in [0.5, 0.6) is 5.75 Å². The summed E-state index contributed by atoms with van der Waals surface area (Å²) in [4.78, 5) is 11.3. The van der Waals surface area contributed by atoms with Crippen LogP contribution in [0, 0.1) is 5.82 Å². The second-order valence-electron chi connectivity index (χ2n) is 4.10. The number of para-hydroxylation sites is 1. The summed E-state index contributed by atoms with van der Waals surface area (Å²) >= 11 is 0. The minimum absolute atomic E-state index is 0.0105. The number of carbonyl (C=O) groups is 1. The van der Waals surface area contributed by atoms with Crippen molar-refractivity contribution in [2.24, 2.45) is 5.73 Å². The van der Waals surface area contributed by atoms with Crippen LogP contribution in [0.15, 0.2) is 42.5 Å². The van der Waals surface area contributed by atoms with E-state index in [0.29, 0.717) is 0 Å². The molecule has 110 valence electrons. The van der Waals surface area contributed by atoms with Crippen LogP contribution < -0.4 is 10.5 Å². The van der Waals surface area contributed by atoms with Crippen molar-refractivity contribution in [2.75, 3.05) is 0 Å².